The number of aryl methyl sites for hydroxylation is 2. The van der Waals surface area contributed by atoms with Crippen molar-refractivity contribution < 1.29 is 4.79 Å². The van der Waals surface area contributed by atoms with Crippen LogP contribution in [-0.4, -0.2) is 15.5 Å². The molecule has 2 aromatic carbocycles. The van der Waals surface area contributed by atoms with Crippen LogP contribution in [0.2, 0.25) is 0 Å². The molecule has 0 unspecified atom stereocenters. The number of hydrogen-bond donors (Lipinski definition) is 0. The molecule has 1 aliphatic rings. The van der Waals surface area contributed by atoms with E-state index < -0.39 is 0 Å². The molecule has 156 valence electrons. The van der Waals surface area contributed by atoms with E-state index in [0.29, 0.717) is 18.9 Å². The van der Waals surface area contributed by atoms with Crippen LogP contribution < -0.4 is 4.90 Å². The van der Waals surface area contributed by atoms with Crippen LogP contribution in [0.1, 0.15) is 67.5 Å². The Bertz CT molecular complexity index is 1010. The molecule has 30 heavy (non-hydrogen) atoms. The molecule has 1 aliphatic carbocycles. The molecule has 4 rings (SSSR count). The maximum Gasteiger partial charge on any atom is 0.228 e. The summed E-state index contributed by atoms with van der Waals surface area (Å²) in [6, 6.07) is 16.9. The van der Waals surface area contributed by atoms with Crippen molar-refractivity contribution >= 4 is 11.6 Å². The Balaban J connectivity index is 1.63. The van der Waals surface area contributed by atoms with Gasteiger partial charge in [0, 0.05) is 31.5 Å². The number of hydrogen-bond acceptors (Lipinski definition) is 2. The third kappa shape index (κ3) is 4.33. The highest BCUT2D eigenvalue weighted by molar-refractivity contribution is 5.93. The van der Waals surface area contributed by atoms with Crippen molar-refractivity contribution in [2.75, 3.05) is 4.90 Å². The van der Waals surface area contributed by atoms with E-state index in [1.54, 1.807) is 6.20 Å². The Morgan fingerprint density at radius 1 is 1.23 bits per heavy atom. The third-order valence-corrected chi connectivity index (χ3v) is 6.43. The second-order valence-corrected chi connectivity index (χ2v) is 8.63. The van der Waals surface area contributed by atoms with Crippen LogP contribution in [0, 0.1) is 0 Å². The first kappa shape index (κ1) is 20.4. The smallest absolute Gasteiger partial charge is 0.228 e. The normalized spacial score (nSPS) is 16.7. The lowest BCUT2D eigenvalue weighted by Crippen LogP contribution is -2.32. The van der Waals surface area contributed by atoms with Crippen LogP contribution in [0.5, 0.6) is 0 Å². The van der Waals surface area contributed by atoms with E-state index in [0.717, 1.165) is 17.9 Å². The highest BCUT2D eigenvalue weighted by Gasteiger charge is 2.24. The first-order chi connectivity index (χ1) is 14.5. The molecule has 1 heterocycles. The number of carbonyl (C=O) groups is 1. The van der Waals surface area contributed by atoms with Crippen molar-refractivity contribution in [3.63, 3.8) is 0 Å². The molecule has 0 spiro atoms. The average Bonchev–Trinajstić information content (AvgIpc) is 3.17. The SMILES string of the molecule is C[C@H](CC(=O)N(Cc1nccn1C)c1ccc2c(c1)[C@H](C)CCC2)c1ccccc1. The van der Waals surface area contributed by atoms with E-state index in [1.165, 1.54) is 29.5 Å². The lowest BCUT2D eigenvalue weighted by molar-refractivity contribution is -0.119. The maximum atomic E-state index is 13.5. The summed E-state index contributed by atoms with van der Waals surface area (Å²) in [7, 11) is 1.98. The summed E-state index contributed by atoms with van der Waals surface area (Å²) in [6.45, 7) is 4.91. The van der Waals surface area contributed by atoms with E-state index in [9.17, 15) is 4.79 Å². The van der Waals surface area contributed by atoms with Gasteiger partial charge in [0.2, 0.25) is 5.91 Å². The lowest BCUT2D eigenvalue weighted by atomic mass is 9.83. The molecule has 2 atom stereocenters. The quantitative estimate of drug-likeness (QED) is 0.540. The Morgan fingerprint density at radius 2 is 2.03 bits per heavy atom. The highest BCUT2D eigenvalue weighted by Crippen LogP contribution is 2.34. The largest absolute Gasteiger partial charge is 0.337 e. The van der Waals surface area contributed by atoms with E-state index in [2.05, 4.69) is 49.2 Å². The van der Waals surface area contributed by atoms with Gasteiger partial charge in [-0.3, -0.25) is 4.79 Å². The summed E-state index contributed by atoms with van der Waals surface area (Å²) in [5.74, 6) is 1.74. The molecule has 0 fully saturated rings. The van der Waals surface area contributed by atoms with Gasteiger partial charge in [-0.15, -0.1) is 0 Å². The Labute approximate surface area is 179 Å². The van der Waals surface area contributed by atoms with Gasteiger partial charge in [0.05, 0.1) is 6.54 Å². The Hall–Kier alpha value is -2.88. The molecule has 0 saturated carbocycles. The van der Waals surface area contributed by atoms with E-state index in [4.69, 9.17) is 0 Å². The number of aromatic nitrogens is 2. The van der Waals surface area contributed by atoms with Gasteiger partial charge in [-0.1, -0.05) is 50.2 Å². The monoisotopic (exact) mass is 401 g/mol. The van der Waals surface area contributed by atoms with Gasteiger partial charge in [0.1, 0.15) is 5.82 Å². The van der Waals surface area contributed by atoms with Gasteiger partial charge in [0.25, 0.3) is 0 Å². The predicted octanol–water partition coefficient (Wildman–Crippen LogP) is 5.59. The number of anilines is 1. The van der Waals surface area contributed by atoms with Crippen LogP contribution in [0.4, 0.5) is 5.69 Å². The van der Waals surface area contributed by atoms with Crippen LogP contribution in [0.15, 0.2) is 60.9 Å². The number of rotatable bonds is 6. The van der Waals surface area contributed by atoms with Crippen molar-refractivity contribution in [1.82, 2.24) is 9.55 Å². The predicted molar refractivity (Wildman–Crippen MR) is 122 cm³/mol. The van der Waals surface area contributed by atoms with E-state index in [1.807, 2.05) is 40.9 Å². The van der Waals surface area contributed by atoms with Crippen LogP contribution in [0.25, 0.3) is 0 Å². The van der Waals surface area contributed by atoms with Crippen molar-refractivity contribution in [2.45, 2.75) is 57.9 Å². The minimum Gasteiger partial charge on any atom is -0.337 e. The molecule has 1 aromatic heterocycles. The summed E-state index contributed by atoms with van der Waals surface area (Å²) in [5, 5.41) is 0. The summed E-state index contributed by atoms with van der Waals surface area (Å²) < 4.78 is 1.99. The molecule has 4 nitrogen and oxygen atoms in total. The fourth-order valence-electron chi connectivity index (χ4n) is 4.48. The second-order valence-electron chi connectivity index (χ2n) is 8.63. The molecule has 0 aliphatic heterocycles. The third-order valence-electron chi connectivity index (χ3n) is 6.43. The molecular formula is C26H31N3O. The molecule has 1 amide bonds. The van der Waals surface area contributed by atoms with Crippen LogP contribution in [0.3, 0.4) is 0 Å². The van der Waals surface area contributed by atoms with E-state index >= 15 is 0 Å². The zero-order chi connectivity index (χ0) is 21.1. The topological polar surface area (TPSA) is 38.1 Å². The number of benzene rings is 2. The zero-order valence-electron chi connectivity index (χ0n) is 18.2. The number of fused-ring (bicyclic) bond motifs is 1. The van der Waals surface area contributed by atoms with Gasteiger partial charge in [-0.05, 0) is 59.9 Å². The molecule has 3 aromatic rings. The Kier molecular flexibility index (Phi) is 6.03. The minimum absolute atomic E-state index is 0.137. The molecule has 0 bridgehead atoms. The summed E-state index contributed by atoms with van der Waals surface area (Å²) in [4.78, 5) is 19.9. The maximum absolute atomic E-state index is 13.5. The average molecular weight is 402 g/mol. The fraction of sp³-hybridized carbons (Fsp3) is 0.385. The van der Waals surface area contributed by atoms with Crippen molar-refractivity contribution in [1.29, 1.82) is 0 Å². The number of amides is 1. The lowest BCUT2D eigenvalue weighted by Gasteiger charge is -2.28. The molecular weight excluding hydrogens is 370 g/mol. The Morgan fingerprint density at radius 3 is 2.77 bits per heavy atom. The molecule has 0 radical (unpaired) electrons. The number of nitrogens with zero attached hydrogens (tertiary/aromatic N) is 3. The van der Waals surface area contributed by atoms with Gasteiger partial charge >= 0.3 is 0 Å². The van der Waals surface area contributed by atoms with Gasteiger partial charge in [-0.25, -0.2) is 4.98 Å². The van der Waals surface area contributed by atoms with Crippen molar-refractivity contribution in [2.24, 2.45) is 7.05 Å². The first-order valence-electron chi connectivity index (χ1n) is 11.0. The van der Waals surface area contributed by atoms with Gasteiger partial charge < -0.3 is 9.47 Å². The van der Waals surface area contributed by atoms with E-state index in [-0.39, 0.29) is 11.8 Å². The molecule has 4 heteroatoms. The number of carbonyl (C=O) groups excluding carboxylic acids is 1. The number of imidazole rings is 1. The highest BCUT2D eigenvalue weighted by atomic mass is 16.2. The van der Waals surface area contributed by atoms with Crippen molar-refractivity contribution in [3.8, 4) is 0 Å². The fourth-order valence-corrected chi connectivity index (χ4v) is 4.48. The minimum atomic E-state index is 0.137. The molecule has 0 N–H and O–H groups in total. The van der Waals surface area contributed by atoms with Crippen LogP contribution >= 0.6 is 0 Å². The zero-order valence-corrected chi connectivity index (χ0v) is 18.2. The first-order valence-corrected chi connectivity index (χ1v) is 11.0. The summed E-state index contributed by atoms with van der Waals surface area (Å²) in [6.07, 6.45) is 7.80. The summed E-state index contributed by atoms with van der Waals surface area (Å²) in [5.41, 5.74) is 5.00. The van der Waals surface area contributed by atoms with Crippen molar-refractivity contribution in [3.05, 3.63) is 83.4 Å². The van der Waals surface area contributed by atoms with Gasteiger partial charge in [-0.2, -0.15) is 0 Å². The summed E-state index contributed by atoms with van der Waals surface area (Å²) >= 11 is 0. The van der Waals surface area contributed by atoms with Gasteiger partial charge in [0.15, 0.2) is 0 Å². The molecule has 0 saturated heterocycles. The van der Waals surface area contributed by atoms with Crippen LogP contribution in [-0.2, 0) is 24.8 Å². The second kappa shape index (κ2) is 8.86. The standard InChI is InChI=1S/C26H31N3O/c1-19-8-7-11-22-12-13-23(17-24(19)22)29(18-25-27-14-15-28(25)3)26(30)16-20(2)21-9-5-4-6-10-21/h4-6,9-10,12-15,17,19-20H,7-8,11,16,18H2,1-3H3/t19-,20-/m1/s1.